The molecule has 1 amide bonds. The molecule has 3 aromatic heterocycles. The summed E-state index contributed by atoms with van der Waals surface area (Å²) in [5.41, 5.74) is 3.33. The molecule has 4 rings (SSSR count). The van der Waals surface area contributed by atoms with Gasteiger partial charge in [-0.1, -0.05) is 18.2 Å². The minimum atomic E-state index is -0.138. The van der Waals surface area contributed by atoms with Crippen LogP contribution in [0.5, 0.6) is 0 Å². The first-order valence-electron chi connectivity index (χ1n) is 8.34. The number of aromatic nitrogens is 4. The van der Waals surface area contributed by atoms with Crippen molar-refractivity contribution in [2.75, 3.05) is 6.54 Å². The highest BCUT2D eigenvalue weighted by Crippen LogP contribution is 2.27. The van der Waals surface area contributed by atoms with Gasteiger partial charge in [0, 0.05) is 41.8 Å². The number of nitrogens with zero attached hydrogens (tertiary/aromatic N) is 3. The molecule has 0 aliphatic heterocycles. The van der Waals surface area contributed by atoms with Gasteiger partial charge in [0.1, 0.15) is 5.69 Å². The molecule has 126 valence electrons. The maximum absolute atomic E-state index is 12.5. The van der Waals surface area contributed by atoms with Crippen LogP contribution >= 0.6 is 0 Å². The number of nitrogens with one attached hydrogen (secondary N) is 2. The number of imidazole rings is 1. The minimum absolute atomic E-state index is 0.138. The predicted octanol–water partition coefficient (Wildman–Crippen LogP) is 3.04. The molecule has 0 aliphatic carbocycles. The number of benzene rings is 1. The van der Waals surface area contributed by atoms with Crippen LogP contribution in [0.15, 0.2) is 49.1 Å². The summed E-state index contributed by atoms with van der Waals surface area (Å²) in [4.78, 5) is 24.3. The van der Waals surface area contributed by atoms with Gasteiger partial charge in [0.15, 0.2) is 0 Å². The first kappa shape index (κ1) is 15.4. The average molecular weight is 333 g/mol. The number of carbonyl (C=O) groups is 1. The van der Waals surface area contributed by atoms with Gasteiger partial charge in [0.05, 0.1) is 17.5 Å². The lowest BCUT2D eigenvalue weighted by Gasteiger charge is -2.07. The molecule has 0 fully saturated rings. The SMILES string of the molecule is Cc1nc(C(=O)NCCCn2ccnc2)cc2c1[nH]c1ccccc12. The largest absolute Gasteiger partial charge is 0.353 e. The van der Waals surface area contributed by atoms with Gasteiger partial charge in [0.2, 0.25) is 0 Å². The summed E-state index contributed by atoms with van der Waals surface area (Å²) >= 11 is 0. The number of para-hydroxylation sites is 1. The molecule has 1 aromatic carbocycles. The molecule has 2 N–H and O–H groups in total. The van der Waals surface area contributed by atoms with Crippen molar-refractivity contribution in [3.8, 4) is 0 Å². The molecular weight excluding hydrogens is 314 g/mol. The van der Waals surface area contributed by atoms with Crippen molar-refractivity contribution in [1.29, 1.82) is 0 Å². The standard InChI is InChI=1S/C19H19N5O/c1-13-18-15(14-5-2-3-6-16(14)23-18)11-17(22-13)19(25)21-7-4-9-24-10-8-20-12-24/h2-3,5-6,8,10-12,23H,4,7,9H2,1H3,(H,21,25). The number of rotatable bonds is 5. The van der Waals surface area contributed by atoms with Gasteiger partial charge < -0.3 is 14.9 Å². The number of H-pyrrole nitrogens is 1. The van der Waals surface area contributed by atoms with Crippen molar-refractivity contribution in [2.24, 2.45) is 0 Å². The van der Waals surface area contributed by atoms with E-state index in [4.69, 9.17) is 0 Å². The lowest BCUT2D eigenvalue weighted by atomic mass is 10.1. The van der Waals surface area contributed by atoms with Gasteiger partial charge in [-0.2, -0.15) is 0 Å². The number of hydrogen-bond donors (Lipinski definition) is 2. The van der Waals surface area contributed by atoms with E-state index in [0.717, 1.165) is 40.5 Å². The van der Waals surface area contributed by atoms with E-state index in [-0.39, 0.29) is 5.91 Å². The van der Waals surface area contributed by atoms with Crippen LogP contribution in [0.2, 0.25) is 0 Å². The van der Waals surface area contributed by atoms with Crippen LogP contribution in [0.1, 0.15) is 22.6 Å². The van der Waals surface area contributed by atoms with Crippen molar-refractivity contribution in [2.45, 2.75) is 19.9 Å². The molecule has 6 heteroatoms. The van der Waals surface area contributed by atoms with Crippen LogP contribution < -0.4 is 5.32 Å². The molecule has 0 radical (unpaired) electrons. The summed E-state index contributed by atoms with van der Waals surface area (Å²) in [5, 5.41) is 5.09. The zero-order valence-electron chi connectivity index (χ0n) is 14.0. The third-order valence-electron chi connectivity index (χ3n) is 4.35. The fourth-order valence-corrected chi connectivity index (χ4v) is 3.09. The summed E-state index contributed by atoms with van der Waals surface area (Å²) in [5.74, 6) is -0.138. The summed E-state index contributed by atoms with van der Waals surface area (Å²) < 4.78 is 1.99. The Labute approximate surface area is 144 Å². The zero-order valence-corrected chi connectivity index (χ0v) is 14.0. The first-order chi connectivity index (χ1) is 12.2. The monoisotopic (exact) mass is 333 g/mol. The number of aryl methyl sites for hydroxylation is 2. The molecule has 25 heavy (non-hydrogen) atoms. The highest BCUT2D eigenvalue weighted by atomic mass is 16.1. The van der Waals surface area contributed by atoms with Crippen LogP contribution in [-0.2, 0) is 6.54 Å². The van der Waals surface area contributed by atoms with E-state index in [1.165, 1.54) is 0 Å². The summed E-state index contributed by atoms with van der Waals surface area (Å²) in [6, 6.07) is 9.95. The number of fused-ring (bicyclic) bond motifs is 3. The van der Waals surface area contributed by atoms with Crippen molar-refractivity contribution in [3.63, 3.8) is 0 Å². The van der Waals surface area contributed by atoms with Gasteiger partial charge in [-0.25, -0.2) is 9.97 Å². The number of carbonyl (C=O) groups excluding carboxylic acids is 1. The quantitative estimate of drug-likeness (QED) is 0.551. The predicted molar refractivity (Wildman–Crippen MR) is 97.5 cm³/mol. The Hall–Kier alpha value is -3.15. The third kappa shape index (κ3) is 2.98. The Morgan fingerprint density at radius 2 is 2.16 bits per heavy atom. The van der Waals surface area contributed by atoms with Crippen LogP contribution in [0.3, 0.4) is 0 Å². The summed E-state index contributed by atoms with van der Waals surface area (Å²) in [6.45, 7) is 3.35. The Balaban J connectivity index is 1.52. The number of hydrogen-bond acceptors (Lipinski definition) is 3. The summed E-state index contributed by atoms with van der Waals surface area (Å²) in [6.07, 6.45) is 6.29. The van der Waals surface area contributed by atoms with E-state index in [9.17, 15) is 4.79 Å². The summed E-state index contributed by atoms with van der Waals surface area (Å²) in [7, 11) is 0. The number of pyridine rings is 1. The van der Waals surface area contributed by atoms with Gasteiger partial charge in [-0.15, -0.1) is 0 Å². The van der Waals surface area contributed by atoms with Crippen molar-refractivity contribution in [3.05, 3.63) is 60.4 Å². The molecule has 4 aromatic rings. The average Bonchev–Trinajstić information content (AvgIpc) is 3.26. The molecule has 0 spiro atoms. The Morgan fingerprint density at radius 3 is 3.00 bits per heavy atom. The first-order valence-corrected chi connectivity index (χ1v) is 8.34. The molecule has 0 saturated heterocycles. The maximum atomic E-state index is 12.5. The van der Waals surface area contributed by atoms with Gasteiger partial charge >= 0.3 is 0 Å². The zero-order chi connectivity index (χ0) is 17.2. The maximum Gasteiger partial charge on any atom is 0.269 e. The fraction of sp³-hybridized carbons (Fsp3) is 0.211. The Bertz CT molecular complexity index is 1030. The van der Waals surface area contributed by atoms with E-state index in [2.05, 4.69) is 26.3 Å². The van der Waals surface area contributed by atoms with Gasteiger partial charge in [-0.05, 0) is 25.5 Å². The van der Waals surface area contributed by atoms with E-state index in [0.29, 0.717) is 12.2 Å². The normalized spacial score (nSPS) is 11.2. The second-order valence-electron chi connectivity index (χ2n) is 6.10. The van der Waals surface area contributed by atoms with Crippen LogP contribution in [-0.4, -0.2) is 32.0 Å². The third-order valence-corrected chi connectivity index (χ3v) is 4.35. The Morgan fingerprint density at radius 1 is 1.28 bits per heavy atom. The molecular formula is C19H19N5O. The lowest BCUT2D eigenvalue weighted by molar-refractivity contribution is 0.0948. The van der Waals surface area contributed by atoms with Crippen molar-refractivity contribution >= 4 is 27.7 Å². The highest BCUT2D eigenvalue weighted by Gasteiger charge is 2.13. The molecule has 3 heterocycles. The molecule has 0 atom stereocenters. The minimum Gasteiger partial charge on any atom is -0.353 e. The second kappa shape index (κ2) is 6.39. The Kier molecular flexibility index (Phi) is 3.93. The second-order valence-corrected chi connectivity index (χ2v) is 6.10. The van der Waals surface area contributed by atoms with Crippen LogP contribution in [0.4, 0.5) is 0 Å². The van der Waals surface area contributed by atoms with E-state index in [1.807, 2.05) is 42.0 Å². The number of aromatic amines is 1. The molecule has 0 saturated carbocycles. The van der Waals surface area contributed by atoms with Crippen molar-refractivity contribution < 1.29 is 4.79 Å². The van der Waals surface area contributed by atoms with Crippen LogP contribution in [0, 0.1) is 6.92 Å². The van der Waals surface area contributed by atoms with Gasteiger partial charge in [-0.3, -0.25) is 4.79 Å². The fourth-order valence-electron chi connectivity index (χ4n) is 3.09. The van der Waals surface area contributed by atoms with Crippen molar-refractivity contribution in [1.82, 2.24) is 24.8 Å². The lowest BCUT2D eigenvalue weighted by Crippen LogP contribution is -2.26. The topological polar surface area (TPSA) is 75.6 Å². The van der Waals surface area contributed by atoms with E-state index < -0.39 is 0 Å². The molecule has 0 aliphatic rings. The smallest absolute Gasteiger partial charge is 0.269 e. The molecule has 0 unspecified atom stereocenters. The van der Waals surface area contributed by atoms with E-state index in [1.54, 1.807) is 12.5 Å². The van der Waals surface area contributed by atoms with Crippen LogP contribution in [0.25, 0.3) is 21.8 Å². The molecule has 6 nitrogen and oxygen atoms in total. The van der Waals surface area contributed by atoms with Gasteiger partial charge in [0.25, 0.3) is 5.91 Å². The van der Waals surface area contributed by atoms with E-state index >= 15 is 0 Å². The molecule has 0 bridgehead atoms. The highest BCUT2D eigenvalue weighted by molar-refractivity contribution is 6.10. The number of amides is 1.